The minimum absolute atomic E-state index is 0.00741. The highest BCUT2D eigenvalue weighted by Crippen LogP contribution is 2.68. The second-order valence-electron chi connectivity index (χ2n) is 10.2. The smallest absolute Gasteiger partial charge is 0.146 e. The summed E-state index contributed by atoms with van der Waals surface area (Å²) in [4.78, 5) is 13.8. The Balaban J connectivity index is 2.17. The largest absolute Gasteiger partial charge is 0.384 e. The molecule has 3 fully saturated rings. The molecule has 3 unspecified atom stereocenters. The van der Waals surface area contributed by atoms with Gasteiger partial charge in [0.1, 0.15) is 12.6 Å². The molecule has 0 aromatic rings. The predicted octanol–water partition coefficient (Wildman–Crippen LogP) is 4.08. The first-order valence-corrected chi connectivity index (χ1v) is 10.9. The number of carbonyl (C=O) groups is 1. The molecule has 3 aliphatic rings. The molecule has 0 aliphatic heterocycles. The average molecular weight is 397 g/mol. The van der Waals surface area contributed by atoms with E-state index < -0.39 is 5.41 Å². The molecule has 0 radical (unpaired) electrons. The van der Waals surface area contributed by atoms with Crippen molar-refractivity contribution < 1.29 is 23.7 Å². The van der Waals surface area contributed by atoms with Crippen LogP contribution >= 0.6 is 0 Å². The van der Waals surface area contributed by atoms with Gasteiger partial charge in [0.25, 0.3) is 0 Å². The monoisotopic (exact) mass is 396 g/mol. The summed E-state index contributed by atoms with van der Waals surface area (Å²) < 4.78 is 23.3. The lowest BCUT2D eigenvalue weighted by Crippen LogP contribution is -2.63. The lowest BCUT2D eigenvalue weighted by atomic mass is 9.44. The van der Waals surface area contributed by atoms with Crippen LogP contribution in [0.25, 0.3) is 0 Å². The zero-order valence-corrected chi connectivity index (χ0v) is 18.9. The SMILES string of the molecule is COCO[C@@H]1C[C@@](C)(COC)C(=O)[C@H](C)C23CCC(OC)C2[C@@]1(C)[C@H](C)CC3. The van der Waals surface area contributed by atoms with Crippen LogP contribution in [0.15, 0.2) is 0 Å². The molecule has 28 heavy (non-hydrogen) atoms. The van der Waals surface area contributed by atoms with Crippen LogP contribution in [0.2, 0.25) is 0 Å². The van der Waals surface area contributed by atoms with Crippen molar-refractivity contribution in [3.8, 4) is 0 Å². The van der Waals surface area contributed by atoms with Crippen molar-refractivity contribution in [2.45, 2.75) is 72.0 Å². The Morgan fingerprint density at radius 2 is 1.71 bits per heavy atom. The summed E-state index contributed by atoms with van der Waals surface area (Å²) in [6, 6.07) is 0. The van der Waals surface area contributed by atoms with Crippen molar-refractivity contribution >= 4 is 5.78 Å². The molecule has 0 heterocycles. The fourth-order valence-electron chi connectivity index (χ4n) is 7.33. The van der Waals surface area contributed by atoms with Crippen molar-refractivity contribution in [1.82, 2.24) is 0 Å². The van der Waals surface area contributed by atoms with Crippen LogP contribution in [0.1, 0.15) is 59.8 Å². The van der Waals surface area contributed by atoms with E-state index in [0.717, 1.165) is 25.7 Å². The first-order valence-electron chi connectivity index (χ1n) is 10.9. The standard InChI is InChI=1S/C23H40O5/c1-15-8-10-23-11-9-17(27-7)19(23)22(15,4)18(28-14-26-6)12-21(3,13-25-5)20(24)16(23)2/h15-19H,8-14H2,1-7H3/t15-,16+,17?,18-,19?,21+,22+,23?/m1/s1. The van der Waals surface area contributed by atoms with E-state index in [0.29, 0.717) is 30.6 Å². The highest BCUT2D eigenvalue weighted by molar-refractivity contribution is 5.87. The first-order chi connectivity index (χ1) is 13.2. The van der Waals surface area contributed by atoms with Gasteiger partial charge in [0.05, 0.1) is 24.2 Å². The summed E-state index contributed by atoms with van der Waals surface area (Å²) in [6.45, 7) is 9.68. The second kappa shape index (κ2) is 7.98. The third kappa shape index (κ3) is 3.08. The summed E-state index contributed by atoms with van der Waals surface area (Å²) in [5.74, 6) is 1.16. The van der Waals surface area contributed by atoms with Crippen LogP contribution in [0.4, 0.5) is 0 Å². The molecule has 8 atom stereocenters. The minimum atomic E-state index is -0.548. The van der Waals surface area contributed by atoms with Gasteiger partial charge in [-0.3, -0.25) is 4.79 Å². The first kappa shape index (κ1) is 22.2. The Morgan fingerprint density at radius 1 is 1.04 bits per heavy atom. The van der Waals surface area contributed by atoms with Crippen molar-refractivity contribution in [1.29, 1.82) is 0 Å². The van der Waals surface area contributed by atoms with E-state index in [2.05, 4.69) is 27.7 Å². The van der Waals surface area contributed by atoms with E-state index in [9.17, 15) is 4.79 Å². The van der Waals surface area contributed by atoms with Gasteiger partial charge in [-0.2, -0.15) is 0 Å². The predicted molar refractivity (Wildman–Crippen MR) is 108 cm³/mol. The Bertz CT molecular complexity index is 579. The van der Waals surface area contributed by atoms with Gasteiger partial charge in [0.15, 0.2) is 0 Å². The molecule has 3 aliphatic carbocycles. The number of ether oxygens (including phenoxy) is 4. The van der Waals surface area contributed by atoms with Gasteiger partial charge >= 0.3 is 0 Å². The quantitative estimate of drug-likeness (QED) is 0.633. The molecule has 2 bridgehead atoms. The molecule has 5 heteroatoms. The summed E-state index contributed by atoms with van der Waals surface area (Å²) in [6.07, 6.45) is 5.10. The zero-order valence-electron chi connectivity index (χ0n) is 18.9. The molecule has 0 aromatic carbocycles. The Kier molecular flexibility index (Phi) is 6.32. The fourth-order valence-corrected chi connectivity index (χ4v) is 7.33. The van der Waals surface area contributed by atoms with E-state index in [1.165, 1.54) is 0 Å². The van der Waals surface area contributed by atoms with Crippen LogP contribution in [0.5, 0.6) is 0 Å². The van der Waals surface area contributed by atoms with Gasteiger partial charge in [-0.1, -0.05) is 27.7 Å². The molecule has 3 rings (SSSR count). The molecule has 162 valence electrons. The summed E-state index contributed by atoms with van der Waals surface area (Å²) in [5.41, 5.74) is -0.630. The topological polar surface area (TPSA) is 54.0 Å². The average Bonchev–Trinajstić information content (AvgIpc) is 3.07. The summed E-state index contributed by atoms with van der Waals surface area (Å²) in [5, 5.41) is 0. The number of hydrogen-bond donors (Lipinski definition) is 0. The normalized spacial score (nSPS) is 48.8. The van der Waals surface area contributed by atoms with Gasteiger partial charge in [0.2, 0.25) is 0 Å². The van der Waals surface area contributed by atoms with E-state index >= 15 is 0 Å². The van der Waals surface area contributed by atoms with Crippen molar-refractivity contribution in [2.24, 2.45) is 34.0 Å². The maximum atomic E-state index is 13.8. The Labute approximate surface area is 170 Å². The molecule has 0 N–H and O–H groups in total. The second-order valence-corrected chi connectivity index (χ2v) is 10.2. The van der Waals surface area contributed by atoms with Gasteiger partial charge in [-0.05, 0) is 49.4 Å². The van der Waals surface area contributed by atoms with Gasteiger partial charge in [-0.25, -0.2) is 0 Å². The molecular weight excluding hydrogens is 356 g/mol. The highest BCUT2D eigenvalue weighted by Gasteiger charge is 2.68. The number of methoxy groups -OCH3 is 3. The van der Waals surface area contributed by atoms with E-state index in [1.54, 1.807) is 14.2 Å². The lowest BCUT2D eigenvalue weighted by Gasteiger charge is -2.62. The molecular formula is C23H40O5. The van der Waals surface area contributed by atoms with Crippen LogP contribution in [-0.4, -0.2) is 52.7 Å². The van der Waals surface area contributed by atoms with Gasteiger partial charge in [-0.15, -0.1) is 0 Å². The zero-order chi connectivity index (χ0) is 20.7. The van der Waals surface area contributed by atoms with Crippen molar-refractivity contribution in [3.63, 3.8) is 0 Å². The number of rotatable bonds is 6. The lowest BCUT2D eigenvalue weighted by molar-refractivity contribution is -0.221. The van der Waals surface area contributed by atoms with Crippen LogP contribution in [0.3, 0.4) is 0 Å². The fraction of sp³-hybridized carbons (Fsp3) is 0.957. The van der Waals surface area contributed by atoms with Crippen LogP contribution < -0.4 is 0 Å². The van der Waals surface area contributed by atoms with Gasteiger partial charge in [0, 0.05) is 32.7 Å². The Morgan fingerprint density at radius 3 is 2.32 bits per heavy atom. The molecule has 3 saturated carbocycles. The van der Waals surface area contributed by atoms with E-state index in [1.807, 2.05) is 7.11 Å². The summed E-state index contributed by atoms with van der Waals surface area (Å²) in [7, 11) is 5.18. The third-order valence-electron chi connectivity index (χ3n) is 8.99. The number of hydrogen-bond acceptors (Lipinski definition) is 5. The Hall–Kier alpha value is -0.490. The van der Waals surface area contributed by atoms with Crippen molar-refractivity contribution in [3.05, 3.63) is 0 Å². The molecule has 0 amide bonds. The highest BCUT2D eigenvalue weighted by atomic mass is 16.7. The molecule has 0 spiro atoms. The minimum Gasteiger partial charge on any atom is -0.384 e. The molecule has 0 aromatic heterocycles. The maximum absolute atomic E-state index is 13.8. The van der Waals surface area contributed by atoms with Crippen LogP contribution in [-0.2, 0) is 23.7 Å². The molecule has 0 saturated heterocycles. The van der Waals surface area contributed by atoms with E-state index in [4.69, 9.17) is 18.9 Å². The third-order valence-corrected chi connectivity index (χ3v) is 8.99. The number of ketones is 1. The van der Waals surface area contributed by atoms with E-state index in [-0.39, 0.29) is 35.7 Å². The number of Topliss-reactive ketones (excluding diaryl/α,β-unsaturated/α-hetero) is 1. The van der Waals surface area contributed by atoms with Crippen LogP contribution in [0, 0.1) is 34.0 Å². The van der Waals surface area contributed by atoms with Gasteiger partial charge < -0.3 is 18.9 Å². The number of carbonyl (C=O) groups excluding carboxylic acids is 1. The summed E-state index contributed by atoms with van der Waals surface area (Å²) >= 11 is 0. The van der Waals surface area contributed by atoms with Crippen molar-refractivity contribution in [2.75, 3.05) is 34.7 Å². The molecule has 5 nitrogen and oxygen atoms in total. The maximum Gasteiger partial charge on any atom is 0.146 e.